The molecule has 0 saturated carbocycles. The lowest BCUT2D eigenvalue weighted by atomic mass is 9.87. The Morgan fingerprint density at radius 1 is 1.14 bits per heavy atom. The van der Waals surface area contributed by atoms with Crippen LogP contribution in [0.5, 0.6) is 0 Å². The van der Waals surface area contributed by atoms with Crippen molar-refractivity contribution in [2.24, 2.45) is 5.16 Å². The number of nitrogens with zero attached hydrogens (tertiary/aromatic N) is 3. The fraction of sp³-hybridized carbons (Fsp3) is 0.300. The fourth-order valence-corrected chi connectivity index (χ4v) is 5.07. The molecule has 0 bridgehead atoms. The topological polar surface area (TPSA) is 102 Å². The summed E-state index contributed by atoms with van der Waals surface area (Å²) in [6.07, 6.45) is 0.715. The number of nitrogens with one attached hydrogen (secondary N) is 1. The number of sulfonamides is 1. The van der Waals surface area contributed by atoms with Gasteiger partial charge in [-0.1, -0.05) is 23.4 Å². The van der Waals surface area contributed by atoms with Crippen LogP contribution in [-0.2, 0) is 27.8 Å². The number of hydrogen-bond acceptors (Lipinski definition) is 6. The minimum atomic E-state index is -3.68. The standard InChI is InChI=1S/C20H22N4O4S/c1-23(2)29(27,28)17-7-5-4-6-13(17)14-10-15-18(21-20(25)19(15)22-26)16-11-24(3)9-8-12(14)16/h4-7,10,26H,8-9,11H2,1-3H3,(H,21,22,25). The van der Waals surface area contributed by atoms with Gasteiger partial charge in [-0.25, -0.2) is 12.7 Å². The molecule has 0 unspecified atom stereocenters. The second-order valence-corrected chi connectivity index (χ2v) is 9.60. The van der Waals surface area contributed by atoms with Gasteiger partial charge in [0.05, 0.1) is 10.6 Å². The Hall–Kier alpha value is -2.75. The van der Waals surface area contributed by atoms with E-state index in [1.54, 1.807) is 30.3 Å². The molecule has 2 heterocycles. The van der Waals surface area contributed by atoms with Crippen molar-refractivity contribution in [3.05, 3.63) is 47.0 Å². The lowest BCUT2D eigenvalue weighted by molar-refractivity contribution is -0.110. The molecule has 0 saturated heterocycles. The number of oxime groups is 1. The zero-order chi connectivity index (χ0) is 20.9. The number of fused-ring (bicyclic) bond motifs is 3. The van der Waals surface area contributed by atoms with Crippen LogP contribution in [0.15, 0.2) is 40.4 Å². The Balaban J connectivity index is 2.05. The molecule has 2 aliphatic rings. The molecular formula is C20H22N4O4S. The van der Waals surface area contributed by atoms with Crippen LogP contribution in [0.25, 0.3) is 11.1 Å². The molecule has 2 aromatic rings. The van der Waals surface area contributed by atoms with E-state index in [2.05, 4.69) is 15.4 Å². The first-order valence-electron chi connectivity index (χ1n) is 9.18. The summed E-state index contributed by atoms with van der Waals surface area (Å²) >= 11 is 0. The van der Waals surface area contributed by atoms with E-state index in [0.717, 1.165) is 23.2 Å². The van der Waals surface area contributed by atoms with E-state index in [1.165, 1.54) is 18.4 Å². The lowest BCUT2D eigenvalue weighted by Gasteiger charge is -2.29. The highest BCUT2D eigenvalue weighted by Crippen LogP contribution is 2.41. The van der Waals surface area contributed by atoms with Gasteiger partial charge in [0.1, 0.15) is 0 Å². The first kappa shape index (κ1) is 19.6. The summed E-state index contributed by atoms with van der Waals surface area (Å²) in [5, 5.41) is 15.4. The van der Waals surface area contributed by atoms with Gasteiger partial charge in [0.15, 0.2) is 5.71 Å². The lowest BCUT2D eigenvalue weighted by Crippen LogP contribution is -2.28. The smallest absolute Gasteiger partial charge is 0.278 e. The van der Waals surface area contributed by atoms with Gasteiger partial charge in [0, 0.05) is 38.3 Å². The third-order valence-electron chi connectivity index (χ3n) is 5.47. The van der Waals surface area contributed by atoms with Crippen molar-refractivity contribution in [1.29, 1.82) is 0 Å². The second-order valence-electron chi connectivity index (χ2n) is 7.48. The number of hydrogen-bond donors (Lipinski definition) is 2. The number of likely N-dealkylation sites (N-methyl/N-ethyl adjacent to an activating group) is 1. The Labute approximate surface area is 169 Å². The van der Waals surface area contributed by atoms with Gasteiger partial charge >= 0.3 is 0 Å². The van der Waals surface area contributed by atoms with Crippen LogP contribution < -0.4 is 5.32 Å². The summed E-state index contributed by atoms with van der Waals surface area (Å²) in [5.41, 5.74) is 4.30. The second kappa shape index (κ2) is 6.94. The molecule has 152 valence electrons. The van der Waals surface area contributed by atoms with Gasteiger partial charge in [-0.05, 0) is 42.3 Å². The Morgan fingerprint density at radius 2 is 1.86 bits per heavy atom. The SMILES string of the molecule is CN1CCc2c(-c3ccccc3S(=O)(=O)N(C)C)cc3c(c2C1)NC(=O)/C3=N\O. The predicted molar refractivity (Wildman–Crippen MR) is 110 cm³/mol. The van der Waals surface area contributed by atoms with Crippen molar-refractivity contribution in [3.8, 4) is 11.1 Å². The summed E-state index contributed by atoms with van der Waals surface area (Å²) in [7, 11) is 1.31. The molecule has 9 heteroatoms. The summed E-state index contributed by atoms with van der Waals surface area (Å²) < 4.78 is 27.1. The number of anilines is 1. The molecule has 4 rings (SSSR count). The number of benzene rings is 2. The number of carbonyl (C=O) groups is 1. The third-order valence-corrected chi connectivity index (χ3v) is 7.34. The number of amides is 1. The summed E-state index contributed by atoms with van der Waals surface area (Å²) in [6.45, 7) is 1.42. The van der Waals surface area contributed by atoms with Gasteiger partial charge in [0.25, 0.3) is 5.91 Å². The van der Waals surface area contributed by atoms with E-state index in [0.29, 0.717) is 29.8 Å². The first-order valence-corrected chi connectivity index (χ1v) is 10.6. The molecule has 2 N–H and O–H groups in total. The fourth-order valence-electron chi connectivity index (χ4n) is 3.97. The maximum Gasteiger partial charge on any atom is 0.278 e. The van der Waals surface area contributed by atoms with Crippen molar-refractivity contribution in [2.75, 3.05) is 33.0 Å². The van der Waals surface area contributed by atoms with E-state index in [9.17, 15) is 18.4 Å². The highest BCUT2D eigenvalue weighted by Gasteiger charge is 2.34. The highest BCUT2D eigenvalue weighted by atomic mass is 32.2. The molecule has 0 fully saturated rings. The van der Waals surface area contributed by atoms with Gasteiger partial charge in [-0.3, -0.25) is 4.79 Å². The quantitative estimate of drug-likeness (QED) is 0.588. The molecule has 1 amide bonds. The minimum Gasteiger partial charge on any atom is -0.410 e. The minimum absolute atomic E-state index is 0.0646. The highest BCUT2D eigenvalue weighted by molar-refractivity contribution is 7.89. The van der Waals surface area contributed by atoms with Crippen molar-refractivity contribution in [2.45, 2.75) is 17.9 Å². The Kier molecular flexibility index (Phi) is 4.68. The van der Waals surface area contributed by atoms with Crippen LogP contribution in [0.3, 0.4) is 0 Å². The van der Waals surface area contributed by atoms with Crippen molar-refractivity contribution >= 4 is 27.3 Å². The maximum atomic E-state index is 12.9. The van der Waals surface area contributed by atoms with Crippen LogP contribution in [0.1, 0.15) is 16.7 Å². The van der Waals surface area contributed by atoms with Crippen LogP contribution in [0, 0.1) is 0 Å². The predicted octanol–water partition coefficient (Wildman–Crippen LogP) is 1.72. The number of rotatable bonds is 3. The summed E-state index contributed by atoms with van der Waals surface area (Å²) in [5.74, 6) is -0.468. The van der Waals surface area contributed by atoms with Gasteiger partial charge in [0.2, 0.25) is 10.0 Å². The molecule has 2 aromatic carbocycles. The molecular weight excluding hydrogens is 392 g/mol. The maximum absolute atomic E-state index is 12.9. The Bertz CT molecular complexity index is 1160. The molecule has 0 aromatic heterocycles. The van der Waals surface area contributed by atoms with Crippen LogP contribution in [0.2, 0.25) is 0 Å². The van der Waals surface area contributed by atoms with Gasteiger partial charge < -0.3 is 15.4 Å². The third kappa shape index (κ3) is 3.02. The van der Waals surface area contributed by atoms with E-state index in [4.69, 9.17) is 0 Å². The summed E-state index contributed by atoms with van der Waals surface area (Å²) in [6, 6.07) is 8.61. The largest absolute Gasteiger partial charge is 0.410 e. The molecule has 0 radical (unpaired) electrons. The van der Waals surface area contributed by atoms with Gasteiger partial charge in [-0.15, -0.1) is 0 Å². The first-order chi connectivity index (χ1) is 13.8. The van der Waals surface area contributed by atoms with Crippen molar-refractivity contribution < 1.29 is 18.4 Å². The average molecular weight is 414 g/mol. The number of carbonyl (C=O) groups excluding carboxylic acids is 1. The van der Waals surface area contributed by atoms with E-state index in [1.807, 2.05) is 7.05 Å². The van der Waals surface area contributed by atoms with E-state index >= 15 is 0 Å². The zero-order valence-corrected chi connectivity index (χ0v) is 17.2. The normalized spacial score (nSPS) is 18.1. The zero-order valence-electron chi connectivity index (χ0n) is 16.4. The van der Waals surface area contributed by atoms with E-state index in [-0.39, 0.29) is 10.6 Å². The molecule has 8 nitrogen and oxygen atoms in total. The average Bonchev–Trinajstić information content (AvgIpc) is 3.02. The molecule has 0 aliphatic carbocycles. The molecule has 0 atom stereocenters. The monoisotopic (exact) mass is 414 g/mol. The van der Waals surface area contributed by atoms with Crippen molar-refractivity contribution in [1.82, 2.24) is 9.21 Å². The Morgan fingerprint density at radius 3 is 2.55 bits per heavy atom. The van der Waals surface area contributed by atoms with E-state index < -0.39 is 15.9 Å². The van der Waals surface area contributed by atoms with Crippen LogP contribution in [-0.4, -0.2) is 62.1 Å². The van der Waals surface area contributed by atoms with Crippen molar-refractivity contribution in [3.63, 3.8) is 0 Å². The molecule has 2 aliphatic heterocycles. The molecule has 29 heavy (non-hydrogen) atoms. The summed E-state index contributed by atoms with van der Waals surface area (Å²) in [4.78, 5) is 14.6. The van der Waals surface area contributed by atoms with Crippen LogP contribution in [0.4, 0.5) is 5.69 Å². The molecule has 0 spiro atoms. The van der Waals surface area contributed by atoms with Crippen LogP contribution >= 0.6 is 0 Å². The van der Waals surface area contributed by atoms with Gasteiger partial charge in [-0.2, -0.15) is 0 Å².